The molecule has 1 saturated heterocycles. The lowest BCUT2D eigenvalue weighted by Gasteiger charge is -2.35. The van der Waals surface area contributed by atoms with Gasteiger partial charge in [-0.15, -0.1) is 0 Å². The lowest BCUT2D eigenvalue weighted by Crippen LogP contribution is -2.40. The van der Waals surface area contributed by atoms with Gasteiger partial charge < -0.3 is 14.4 Å². The Morgan fingerprint density at radius 3 is 2.80 bits per heavy atom. The van der Waals surface area contributed by atoms with Crippen molar-refractivity contribution in [3.05, 3.63) is 46.3 Å². The molecule has 4 heterocycles. The van der Waals surface area contributed by atoms with E-state index in [1.807, 2.05) is 6.07 Å². The summed E-state index contributed by atoms with van der Waals surface area (Å²) in [4.78, 5) is 50.0. The summed E-state index contributed by atoms with van der Waals surface area (Å²) >= 11 is 0. The Morgan fingerprint density at radius 1 is 1.27 bits per heavy atom. The molecule has 2 fully saturated rings. The molecular weight excluding hydrogens is 512 g/mol. The summed E-state index contributed by atoms with van der Waals surface area (Å²) in [7, 11) is 3.39. The molecule has 5 rings (SSSR count). The first-order valence-electron chi connectivity index (χ1n) is 13.8. The number of nitrogens with zero attached hydrogens (tertiary/aromatic N) is 5. The van der Waals surface area contributed by atoms with Gasteiger partial charge in [0.25, 0.3) is 5.91 Å². The highest BCUT2D eigenvalue weighted by molar-refractivity contribution is 6.01. The van der Waals surface area contributed by atoms with Gasteiger partial charge in [-0.1, -0.05) is 0 Å². The number of pyridine rings is 2. The molecule has 2 aromatic rings. The number of hydrogen-bond donors (Lipinski definition) is 1. The van der Waals surface area contributed by atoms with Crippen molar-refractivity contribution in [2.24, 2.45) is 5.92 Å². The first-order chi connectivity index (χ1) is 19.4. The molecule has 1 aliphatic carbocycles. The lowest BCUT2D eigenvalue weighted by atomic mass is 9.77. The van der Waals surface area contributed by atoms with E-state index in [0.717, 1.165) is 36.8 Å². The summed E-state index contributed by atoms with van der Waals surface area (Å²) in [5.41, 5.74) is 2.97. The topological polar surface area (TPSA) is 138 Å². The molecule has 3 aliphatic rings. The van der Waals surface area contributed by atoms with E-state index in [2.05, 4.69) is 21.4 Å². The first-order valence-corrected chi connectivity index (χ1v) is 13.8. The third kappa shape index (κ3) is 5.69. The van der Waals surface area contributed by atoms with Crippen molar-refractivity contribution in [2.45, 2.75) is 63.7 Å². The van der Waals surface area contributed by atoms with E-state index < -0.39 is 12.1 Å². The van der Waals surface area contributed by atoms with Crippen LogP contribution in [-0.2, 0) is 33.7 Å². The quantitative estimate of drug-likeness (QED) is 0.498. The average molecular weight is 547 g/mol. The number of ether oxygens (including phenoxy) is 2. The number of methoxy groups -OCH3 is 1. The predicted octanol–water partition coefficient (Wildman–Crippen LogP) is 3.25. The Hall–Kier alpha value is -3.88. The minimum Gasteiger partial charge on any atom is -0.381 e. The molecule has 3 atom stereocenters. The van der Waals surface area contributed by atoms with Gasteiger partial charge in [-0.2, -0.15) is 5.26 Å². The zero-order chi connectivity index (χ0) is 28.2. The number of nitrogens with one attached hydrogen (secondary N) is 1. The molecule has 11 nitrogen and oxygen atoms in total. The van der Waals surface area contributed by atoms with Crippen LogP contribution in [0.2, 0.25) is 0 Å². The number of aromatic nitrogens is 2. The predicted molar refractivity (Wildman–Crippen MR) is 146 cm³/mol. The van der Waals surface area contributed by atoms with Crippen LogP contribution in [-0.4, -0.2) is 72.6 Å². The van der Waals surface area contributed by atoms with Crippen LogP contribution in [0.5, 0.6) is 0 Å². The Labute approximate surface area is 233 Å². The van der Waals surface area contributed by atoms with E-state index in [0.29, 0.717) is 67.4 Å². The normalized spacial score (nSPS) is 21.6. The van der Waals surface area contributed by atoms with Crippen molar-refractivity contribution >= 4 is 29.9 Å². The van der Waals surface area contributed by atoms with Crippen LogP contribution in [0.25, 0.3) is 0 Å². The van der Waals surface area contributed by atoms with E-state index in [1.54, 1.807) is 25.1 Å². The summed E-state index contributed by atoms with van der Waals surface area (Å²) in [5, 5.41) is 12.4. The molecule has 0 unspecified atom stereocenters. The van der Waals surface area contributed by atoms with Gasteiger partial charge in [0, 0.05) is 45.6 Å². The molecule has 1 saturated carbocycles. The maximum atomic E-state index is 13.4. The molecule has 2 aromatic heterocycles. The molecule has 0 radical (unpaired) electrons. The van der Waals surface area contributed by atoms with Crippen LogP contribution in [0.1, 0.15) is 64.8 Å². The molecular formula is C29H34N6O5. The Balaban J connectivity index is 1.32. The Kier molecular flexibility index (Phi) is 8.38. The number of hydrogen-bond acceptors (Lipinski definition) is 8. The summed E-state index contributed by atoms with van der Waals surface area (Å²) in [6, 6.07) is 5.40. The van der Waals surface area contributed by atoms with Crippen molar-refractivity contribution < 1.29 is 23.9 Å². The number of carbonyl (C=O) groups is 3. The second-order valence-corrected chi connectivity index (χ2v) is 10.7. The van der Waals surface area contributed by atoms with Crippen molar-refractivity contribution in [1.82, 2.24) is 14.9 Å². The van der Waals surface area contributed by atoms with Crippen LogP contribution in [0, 0.1) is 17.2 Å². The molecule has 0 spiro atoms. The monoisotopic (exact) mass is 546 g/mol. The average Bonchev–Trinajstić information content (AvgIpc) is 3.49. The van der Waals surface area contributed by atoms with Gasteiger partial charge in [-0.3, -0.25) is 19.8 Å². The van der Waals surface area contributed by atoms with E-state index in [-0.39, 0.29) is 24.2 Å². The van der Waals surface area contributed by atoms with Crippen LogP contribution in [0.3, 0.4) is 0 Å². The van der Waals surface area contributed by atoms with Gasteiger partial charge >= 0.3 is 6.03 Å². The Bertz CT molecular complexity index is 1330. The number of carbonyl (C=O) groups excluding carboxylic acids is 3. The molecule has 0 bridgehead atoms. The van der Waals surface area contributed by atoms with Crippen molar-refractivity contribution in [3.8, 4) is 6.07 Å². The van der Waals surface area contributed by atoms with Gasteiger partial charge in [-0.05, 0) is 74.1 Å². The first kappa shape index (κ1) is 27.7. The third-order valence-corrected chi connectivity index (χ3v) is 8.10. The standard InChI is InChI=1S/C29H34N6O5/c1-34(28(37)25-6-4-10-40-25)16-21-12-19-5-3-9-35(27(19)32-23(21)17-36)29(38)33-26-13-20(22(14-30)15-31-26)11-18-7-8-24(18)39-2/h12-13,15,17-18,24-25H,3-11,16H2,1-2H3,(H,31,33,38)/t18-,24+,25+/m0/s1. The van der Waals surface area contributed by atoms with Crippen LogP contribution >= 0.6 is 0 Å². The molecule has 40 heavy (non-hydrogen) atoms. The smallest absolute Gasteiger partial charge is 0.328 e. The minimum absolute atomic E-state index is 0.114. The summed E-state index contributed by atoms with van der Waals surface area (Å²) in [6.07, 6.45) is 7.56. The molecule has 0 aromatic carbocycles. The SMILES string of the molecule is CO[C@@H]1CC[C@H]1Cc1cc(NC(=O)N2CCCc3cc(CN(C)C(=O)[C@H]4CCCO4)c(C=O)nc32)ncc1C#N. The zero-order valence-corrected chi connectivity index (χ0v) is 22.9. The fraction of sp³-hybridized carbons (Fsp3) is 0.517. The lowest BCUT2D eigenvalue weighted by molar-refractivity contribution is -0.140. The van der Waals surface area contributed by atoms with Crippen molar-refractivity contribution in [3.63, 3.8) is 0 Å². The van der Waals surface area contributed by atoms with Crippen molar-refractivity contribution in [2.75, 3.05) is 37.5 Å². The van der Waals surface area contributed by atoms with E-state index >= 15 is 0 Å². The zero-order valence-electron chi connectivity index (χ0n) is 22.9. The molecule has 11 heteroatoms. The highest BCUT2D eigenvalue weighted by Crippen LogP contribution is 2.34. The second-order valence-electron chi connectivity index (χ2n) is 10.7. The van der Waals surface area contributed by atoms with E-state index in [1.165, 1.54) is 11.1 Å². The number of aryl methyl sites for hydroxylation is 1. The van der Waals surface area contributed by atoms with Gasteiger partial charge in [0.2, 0.25) is 0 Å². The fourth-order valence-electron chi connectivity index (χ4n) is 5.71. The maximum Gasteiger partial charge on any atom is 0.328 e. The van der Waals surface area contributed by atoms with Crippen LogP contribution < -0.4 is 10.2 Å². The highest BCUT2D eigenvalue weighted by Gasteiger charge is 2.32. The van der Waals surface area contributed by atoms with Gasteiger partial charge in [-0.25, -0.2) is 14.8 Å². The van der Waals surface area contributed by atoms with Gasteiger partial charge in [0.15, 0.2) is 6.29 Å². The number of amides is 3. The van der Waals surface area contributed by atoms with Gasteiger partial charge in [0.05, 0.1) is 11.7 Å². The number of fused-ring (bicyclic) bond motifs is 1. The summed E-state index contributed by atoms with van der Waals surface area (Å²) in [6.45, 7) is 1.24. The fourth-order valence-corrected chi connectivity index (χ4v) is 5.71. The number of likely N-dealkylation sites (N-methyl/N-ethyl adjacent to an activating group) is 1. The molecule has 3 amide bonds. The van der Waals surface area contributed by atoms with Gasteiger partial charge in [0.1, 0.15) is 29.5 Å². The Morgan fingerprint density at radius 2 is 2.12 bits per heavy atom. The number of nitriles is 1. The molecule has 210 valence electrons. The largest absolute Gasteiger partial charge is 0.381 e. The minimum atomic E-state index is -0.444. The number of urea groups is 1. The third-order valence-electron chi connectivity index (χ3n) is 8.10. The van der Waals surface area contributed by atoms with Crippen molar-refractivity contribution in [1.29, 1.82) is 5.26 Å². The van der Waals surface area contributed by atoms with E-state index in [9.17, 15) is 19.6 Å². The number of anilines is 2. The highest BCUT2D eigenvalue weighted by atomic mass is 16.5. The summed E-state index contributed by atoms with van der Waals surface area (Å²) in [5.74, 6) is 0.990. The molecule has 2 aliphatic heterocycles. The van der Waals surface area contributed by atoms with Crippen LogP contribution in [0.4, 0.5) is 16.4 Å². The second kappa shape index (κ2) is 12.1. The molecule has 1 N–H and O–H groups in total. The summed E-state index contributed by atoms with van der Waals surface area (Å²) < 4.78 is 11.0. The number of rotatable bonds is 8. The van der Waals surface area contributed by atoms with E-state index in [4.69, 9.17) is 9.47 Å². The number of aldehydes is 1. The maximum absolute atomic E-state index is 13.4. The van der Waals surface area contributed by atoms with Crippen LogP contribution in [0.15, 0.2) is 18.3 Å².